The molecular formula is C11H22O. The summed E-state index contributed by atoms with van der Waals surface area (Å²) in [6.07, 6.45) is 5.91. The lowest BCUT2D eigenvalue weighted by Gasteiger charge is -2.37. The zero-order valence-electron chi connectivity index (χ0n) is 8.89. The summed E-state index contributed by atoms with van der Waals surface area (Å²) in [6, 6.07) is 0. The Bertz CT molecular complexity index is 140. The second-order valence-electron chi connectivity index (χ2n) is 4.96. The zero-order valence-corrected chi connectivity index (χ0v) is 8.89. The molecule has 0 heterocycles. The van der Waals surface area contributed by atoms with Crippen molar-refractivity contribution in [1.29, 1.82) is 0 Å². The molecule has 1 heteroatoms. The molecule has 72 valence electrons. The van der Waals surface area contributed by atoms with Gasteiger partial charge in [-0.2, -0.15) is 0 Å². The summed E-state index contributed by atoms with van der Waals surface area (Å²) >= 11 is 0. The first-order chi connectivity index (χ1) is 5.55. The van der Waals surface area contributed by atoms with Gasteiger partial charge < -0.3 is 4.74 Å². The summed E-state index contributed by atoms with van der Waals surface area (Å²) in [5, 5.41) is 0. The first-order valence-corrected chi connectivity index (χ1v) is 5.08. The van der Waals surface area contributed by atoms with Gasteiger partial charge in [-0.1, -0.05) is 20.3 Å². The minimum atomic E-state index is 0.449. The molecule has 1 nitrogen and oxygen atoms in total. The van der Waals surface area contributed by atoms with Gasteiger partial charge in [-0.15, -0.1) is 0 Å². The van der Waals surface area contributed by atoms with Gasteiger partial charge in [0, 0.05) is 7.11 Å². The van der Waals surface area contributed by atoms with Crippen LogP contribution in [0.15, 0.2) is 0 Å². The third kappa shape index (κ3) is 2.48. The predicted octanol–water partition coefficient (Wildman–Crippen LogP) is 3.24. The molecule has 0 saturated heterocycles. The molecule has 0 bridgehead atoms. The largest absolute Gasteiger partial charge is 0.381 e. The molecule has 0 amide bonds. The normalized spacial score (nSPS) is 31.5. The molecule has 12 heavy (non-hydrogen) atoms. The fraction of sp³-hybridized carbons (Fsp3) is 1.00. The van der Waals surface area contributed by atoms with Crippen LogP contribution >= 0.6 is 0 Å². The van der Waals surface area contributed by atoms with Crippen LogP contribution < -0.4 is 0 Å². The quantitative estimate of drug-likeness (QED) is 0.618. The summed E-state index contributed by atoms with van der Waals surface area (Å²) < 4.78 is 5.38. The average molecular weight is 170 g/mol. The van der Waals surface area contributed by atoms with E-state index in [1.165, 1.54) is 25.7 Å². The molecule has 0 aromatic heterocycles. The molecule has 1 saturated carbocycles. The van der Waals surface area contributed by atoms with Crippen LogP contribution in [0, 0.1) is 11.3 Å². The summed E-state index contributed by atoms with van der Waals surface area (Å²) in [4.78, 5) is 0. The molecule has 0 aromatic rings. The van der Waals surface area contributed by atoms with Gasteiger partial charge in [-0.3, -0.25) is 0 Å². The second-order valence-corrected chi connectivity index (χ2v) is 4.96. The van der Waals surface area contributed by atoms with E-state index in [1.807, 2.05) is 7.11 Å². The van der Waals surface area contributed by atoms with Crippen molar-refractivity contribution in [2.75, 3.05) is 7.11 Å². The number of rotatable bonds is 2. The number of methoxy groups -OCH3 is 1. The standard InChI is InChI=1S/C11H22O/c1-9(12-4)10-6-5-7-11(2,3)8-10/h9-10H,5-8H2,1-4H3. The van der Waals surface area contributed by atoms with Gasteiger partial charge in [0.05, 0.1) is 6.10 Å². The SMILES string of the molecule is COC(C)C1CCCC(C)(C)C1. The monoisotopic (exact) mass is 170 g/mol. The summed E-state index contributed by atoms with van der Waals surface area (Å²) in [7, 11) is 1.83. The van der Waals surface area contributed by atoms with Crippen molar-refractivity contribution < 1.29 is 4.74 Å². The minimum Gasteiger partial charge on any atom is -0.381 e. The highest BCUT2D eigenvalue weighted by Gasteiger charge is 2.30. The van der Waals surface area contributed by atoms with E-state index in [0.717, 1.165) is 5.92 Å². The molecule has 2 atom stereocenters. The van der Waals surface area contributed by atoms with Gasteiger partial charge in [0.1, 0.15) is 0 Å². The highest BCUT2D eigenvalue weighted by molar-refractivity contribution is 4.81. The van der Waals surface area contributed by atoms with Crippen molar-refractivity contribution in [3.63, 3.8) is 0 Å². The molecule has 1 rings (SSSR count). The highest BCUT2D eigenvalue weighted by atomic mass is 16.5. The highest BCUT2D eigenvalue weighted by Crippen LogP contribution is 2.40. The Balaban J connectivity index is 2.46. The van der Waals surface area contributed by atoms with E-state index in [2.05, 4.69) is 20.8 Å². The maximum Gasteiger partial charge on any atom is 0.0571 e. The van der Waals surface area contributed by atoms with Crippen LogP contribution in [-0.4, -0.2) is 13.2 Å². The van der Waals surface area contributed by atoms with Gasteiger partial charge in [-0.25, -0.2) is 0 Å². The third-order valence-electron chi connectivity index (χ3n) is 3.28. The fourth-order valence-electron chi connectivity index (χ4n) is 2.35. The van der Waals surface area contributed by atoms with E-state index in [1.54, 1.807) is 0 Å². The van der Waals surface area contributed by atoms with Gasteiger partial charge in [0.15, 0.2) is 0 Å². The summed E-state index contributed by atoms with van der Waals surface area (Å²) in [6.45, 7) is 6.95. The van der Waals surface area contributed by atoms with E-state index >= 15 is 0 Å². The van der Waals surface area contributed by atoms with Crippen LogP contribution in [0.4, 0.5) is 0 Å². The fourth-order valence-corrected chi connectivity index (χ4v) is 2.35. The lowest BCUT2D eigenvalue weighted by Crippen LogP contribution is -2.30. The number of hydrogen-bond acceptors (Lipinski definition) is 1. The first-order valence-electron chi connectivity index (χ1n) is 5.08. The van der Waals surface area contributed by atoms with Crippen molar-refractivity contribution >= 4 is 0 Å². The molecule has 1 fully saturated rings. The van der Waals surface area contributed by atoms with E-state index in [-0.39, 0.29) is 0 Å². The minimum absolute atomic E-state index is 0.449. The Kier molecular flexibility index (Phi) is 3.16. The molecule has 2 unspecified atom stereocenters. The van der Waals surface area contributed by atoms with Gasteiger partial charge in [0.2, 0.25) is 0 Å². The Labute approximate surface area is 76.5 Å². The average Bonchev–Trinajstić information content (AvgIpc) is 2.01. The first kappa shape index (κ1) is 10.0. The maximum absolute atomic E-state index is 5.38. The lowest BCUT2D eigenvalue weighted by molar-refractivity contribution is 0.0234. The Hall–Kier alpha value is -0.0400. The number of ether oxygens (including phenoxy) is 1. The molecule has 0 aromatic carbocycles. The molecule has 1 aliphatic carbocycles. The van der Waals surface area contributed by atoms with Crippen molar-refractivity contribution in [2.24, 2.45) is 11.3 Å². The summed E-state index contributed by atoms with van der Waals surface area (Å²) in [5.74, 6) is 0.791. The van der Waals surface area contributed by atoms with E-state index in [4.69, 9.17) is 4.74 Å². The van der Waals surface area contributed by atoms with Crippen LogP contribution in [0.2, 0.25) is 0 Å². The van der Waals surface area contributed by atoms with Crippen LogP contribution in [-0.2, 0) is 4.74 Å². The van der Waals surface area contributed by atoms with Gasteiger partial charge in [0.25, 0.3) is 0 Å². The van der Waals surface area contributed by atoms with Gasteiger partial charge >= 0.3 is 0 Å². The predicted molar refractivity (Wildman–Crippen MR) is 52.2 cm³/mol. The zero-order chi connectivity index (χ0) is 9.19. The van der Waals surface area contributed by atoms with E-state index < -0.39 is 0 Å². The van der Waals surface area contributed by atoms with Crippen molar-refractivity contribution in [1.82, 2.24) is 0 Å². The van der Waals surface area contributed by atoms with Crippen molar-refractivity contribution in [3.8, 4) is 0 Å². The van der Waals surface area contributed by atoms with Crippen molar-refractivity contribution in [2.45, 2.75) is 52.6 Å². The Morgan fingerprint density at radius 2 is 2.08 bits per heavy atom. The van der Waals surface area contributed by atoms with Crippen molar-refractivity contribution in [3.05, 3.63) is 0 Å². The van der Waals surface area contributed by atoms with Crippen LogP contribution in [0.3, 0.4) is 0 Å². The smallest absolute Gasteiger partial charge is 0.0571 e. The van der Waals surface area contributed by atoms with Gasteiger partial charge in [-0.05, 0) is 37.5 Å². The van der Waals surface area contributed by atoms with Crippen LogP contribution in [0.5, 0.6) is 0 Å². The molecule has 0 N–H and O–H groups in total. The van der Waals surface area contributed by atoms with E-state index in [0.29, 0.717) is 11.5 Å². The molecule has 0 spiro atoms. The summed E-state index contributed by atoms with van der Waals surface area (Å²) in [5.41, 5.74) is 0.551. The van der Waals surface area contributed by atoms with E-state index in [9.17, 15) is 0 Å². The third-order valence-corrected chi connectivity index (χ3v) is 3.28. The van der Waals surface area contributed by atoms with Crippen LogP contribution in [0.1, 0.15) is 46.5 Å². The number of hydrogen-bond donors (Lipinski definition) is 0. The molecule has 0 aliphatic heterocycles. The molecule has 0 radical (unpaired) electrons. The maximum atomic E-state index is 5.38. The molecule has 1 aliphatic rings. The van der Waals surface area contributed by atoms with Crippen LogP contribution in [0.25, 0.3) is 0 Å². The topological polar surface area (TPSA) is 9.23 Å². The lowest BCUT2D eigenvalue weighted by atomic mass is 9.71. The molecular weight excluding hydrogens is 148 g/mol. The Morgan fingerprint density at radius 3 is 2.58 bits per heavy atom. The Morgan fingerprint density at radius 1 is 1.42 bits per heavy atom. The second kappa shape index (κ2) is 3.78.